The van der Waals surface area contributed by atoms with Gasteiger partial charge >= 0.3 is 0 Å². The minimum Gasteiger partial charge on any atom is -0.492 e. The Morgan fingerprint density at radius 3 is 2.64 bits per heavy atom. The van der Waals surface area contributed by atoms with E-state index in [1.807, 2.05) is 25.2 Å². The number of para-hydroxylation sites is 1. The minimum absolute atomic E-state index is 0.0423. The number of likely N-dealkylation sites (tertiary alicyclic amines) is 1. The highest BCUT2D eigenvalue weighted by Gasteiger charge is 2.15. The van der Waals surface area contributed by atoms with Gasteiger partial charge in [-0.25, -0.2) is 4.39 Å². The number of nitrogens with one attached hydrogen (secondary N) is 1. The zero-order valence-corrected chi connectivity index (χ0v) is 18.8. The minimum atomic E-state index is -0.505. The van der Waals surface area contributed by atoms with Crippen molar-refractivity contribution in [3.05, 3.63) is 60.5 Å². The third kappa shape index (κ3) is 6.10. The van der Waals surface area contributed by atoms with E-state index in [2.05, 4.69) is 15.3 Å². The molecule has 2 heterocycles. The Bertz CT molecular complexity index is 1080. The Morgan fingerprint density at radius 1 is 1.06 bits per heavy atom. The fourth-order valence-corrected chi connectivity index (χ4v) is 3.94. The Balaban J connectivity index is 1.42. The number of aryl methyl sites for hydroxylation is 1. The van der Waals surface area contributed by atoms with Gasteiger partial charge in [0, 0.05) is 31.0 Å². The number of ether oxygens (including phenoxy) is 2. The second-order valence-electron chi connectivity index (χ2n) is 8.07. The molecule has 4 rings (SSSR count). The lowest BCUT2D eigenvalue weighted by atomic mass is 10.1. The second kappa shape index (κ2) is 11.0. The normalized spacial score (nSPS) is 14.1. The summed E-state index contributed by atoms with van der Waals surface area (Å²) in [4.78, 5) is 14.8. The van der Waals surface area contributed by atoms with Crippen LogP contribution in [-0.4, -0.2) is 53.4 Å². The number of piperidine rings is 1. The number of carbonyl (C=O) groups is 1. The number of benzene rings is 2. The topological polar surface area (TPSA) is 68.6 Å². The highest BCUT2D eigenvalue weighted by Crippen LogP contribution is 2.32. The molecule has 0 saturated carbocycles. The summed E-state index contributed by atoms with van der Waals surface area (Å²) in [6.07, 6.45) is 5.52. The van der Waals surface area contributed by atoms with E-state index < -0.39 is 5.82 Å². The third-order valence-corrected chi connectivity index (χ3v) is 5.67. The summed E-state index contributed by atoms with van der Waals surface area (Å²) in [5.74, 6) is -0.111. The van der Waals surface area contributed by atoms with Crippen molar-refractivity contribution in [2.24, 2.45) is 7.05 Å². The predicted molar refractivity (Wildman–Crippen MR) is 125 cm³/mol. The second-order valence-corrected chi connectivity index (χ2v) is 8.07. The van der Waals surface area contributed by atoms with Crippen LogP contribution in [0.4, 0.5) is 10.1 Å². The molecule has 7 nitrogen and oxygen atoms in total. The fourth-order valence-electron chi connectivity index (χ4n) is 3.94. The monoisotopic (exact) mass is 452 g/mol. The smallest absolute Gasteiger partial charge is 0.262 e. The van der Waals surface area contributed by atoms with E-state index in [-0.39, 0.29) is 18.3 Å². The fraction of sp³-hybridized carbons (Fsp3) is 0.360. The van der Waals surface area contributed by atoms with Crippen LogP contribution in [-0.2, 0) is 11.8 Å². The summed E-state index contributed by atoms with van der Waals surface area (Å²) in [6.45, 7) is 3.43. The Kier molecular flexibility index (Phi) is 7.57. The van der Waals surface area contributed by atoms with Gasteiger partial charge in [-0.1, -0.05) is 18.6 Å². The van der Waals surface area contributed by atoms with Gasteiger partial charge in [0.1, 0.15) is 12.4 Å². The lowest BCUT2D eigenvalue weighted by Crippen LogP contribution is -2.33. The lowest BCUT2D eigenvalue weighted by molar-refractivity contribution is -0.118. The van der Waals surface area contributed by atoms with Crippen LogP contribution in [0.3, 0.4) is 0 Å². The molecule has 174 valence electrons. The van der Waals surface area contributed by atoms with Gasteiger partial charge in [0.2, 0.25) is 0 Å². The molecule has 3 aromatic rings. The van der Waals surface area contributed by atoms with E-state index >= 15 is 0 Å². The Labute approximate surface area is 193 Å². The van der Waals surface area contributed by atoms with E-state index in [1.54, 1.807) is 29.1 Å². The van der Waals surface area contributed by atoms with Crippen LogP contribution in [0.1, 0.15) is 19.3 Å². The summed E-state index contributed by atoms with van der Waals surface area (Å²) in [7, 11) is 1.86. The molecule has 1 saturated heterocycles. The Morgan fingerprint density at radius 2 is 1.88 bits per heavy atom. The maximum atomic E-state index is 13.7. The first-order valence-electron chi connectivity index (χ1n) is 11.2. The van der Waals surface area contributed by atoms with E-state index in [4.69, 9.17) is 9.47 Å². The van der Waals surface area contributed by atoms with Crippen LogP contribution in [0, 0.1) is 5.82 Å². The number of hydrogen-bond donors (Lipinski definition) is 1. The van der Waals surface area contributed by atoms with Crippen molar-refractivity contribution in [1.82, 2.24) is 14.7 Å². The third-order valence-electron chi connectivity index (χ3n) is 5.67. The van der Waals surface area contributed by atoms with Gasteiger partial charge < -0.3 is 14.8 Å². The molecule has 1 aromatic heterocycles. The van der Waals surface area contributed by atoms with Crippen LogP contribution in [0.25, 0.3) is 11.3 Å². The average molecular weight is 453 g/mol. The summed E-state index contributed by atoms with van der Waals surface area (Å²) in [6, 6.07) is 13.4. The van der Waals surface area contributed by atoms with Gasteiger partial charge in [0.05, 0.1) is 5.69 Å². The number of halogens is 1. The number of aromatic nitrogens is 2. The van der Waals surface area contributed by atoms with Crippen molar-refractivity contribution in [2.75, 3.05) is 38.2 Å². The molecule has 2 aromatic carbocycles. The first-order chi connectivity index (χ1) is 16.1. The van der Waals surface area contributed by atoms with Crippen molar-refractivity contribution >= 4 is 11.6 Å². The zero-order valence-electron chi connectivity index (χ0n) is 18.8. The van der Waals surface area contributed by atoms with Gasteiger partial charge in [0.15, 0.2) is 18.2 Å². The molecule has 1 amide bonds. The first kappa shape index (κ1) is 22.8. The molecule has 1 fully saturated rings. The molecule has 0 atom stereocenters. The molecule has 8 heteroatoms. The molecule has 0 radical (unpaired) electrons. The molecule has 1 aliphatic heterocycles. The molecular formula is C25H29FN4O3. The van der Waals surface area contributed by atoms with Crippen LogP contribution in [0.15, 0.2) is 54.7 Å². The lowest BCUT2D eigenvalue weighted by Gasteiger charge is -2.26. The molecule has 0 bridgehead atoms. The number of hydrogen-bond acceptors (Lipinski definition) is 5. The van der Waals surface area contributed by atoms with Gasteiger partial charge in [-0.3, -0.25) is 14.4 Å². The summed E-state index contributed by atoms with van der Waals surface area (Å²) < 4.78 is 26.9. The van der Waals surface area contributed by atoms with Crippen LogP contribution in [0.2, 0.25) is 0 Å². The Hall–Kier alpha value is -3.39. The zero-order chi connectivity index (χ0) is 23.0. The molecule has 0 spiro atoms. The number of anilines is 1. The number of nitrogens with zero attached hydrogens (tertiary/aromatic N) is 3. The van der Waals surface area contributed by atoms with Crippen LogP contribution < -0.4 is 14.8 Å². The van der Waals surface area contributed by atoms with Gasteiger partial charge in [-0.05, 0) is 62.3 Å². The van der Waals surface area contributed by atoms with Crippen LogP contribution in [0.5, 0.6) is 11.5 Å². The van der Waals surface area contributed by atoms with Gasteiger partial charge in [-0.2, -0.15) is 5.10 Å². The summed E-state index contributed by atoms with van der Waals surface area (Å²) in [5, 5.41) is 7.07. The molecule has 1 aliphatic rings. The van der Waals surface area contributed by atoms with Crippen molar-refractivity contribution in [1.29, 1.82) is 0 Å². The van der Waals surface area contributed by atoms with Crippen molar-refractivity contribution in [3.63, 3.8) is 0 Å². The molecule has 0 aliphatic carbocycles. The van der Waals surface area contributed by atoms with Crippen molar-refractivity contribution in [3.8, 4) is 22.8 Å². The SMILES string of the molecule is Cn1nccc1-c1cc(NC(=O)COc2ccccc2F)ccc1OCCN1CCCCC1. The quantitative estimate of drug-likeness (QED) is 0.529. The summed E-state index contributed by atoms with van der Waals surface area (Å²) >= 11 is 0. The van der Waals surface area contributed by atoms with E-state index in [1.165, 1.54) is 31.4 Å². The maximum absolute atomic E-state index is 13.7. The van der Waals surface area contributed by atoms with E-state index in [9.17, 15) is 9.18 Å². The first-order valence-corrected chi connectivity index (χ1v) is 11.2. The molecular weight excluding hydrogens is 423 g/mol. The van der Waals surface area contributed by atoms with Crippen LogP contribution >= 0.6 is 0 Å². The molecule has 33 heavy (non-hydrogen) atoms. The van der Waals surface area contributed by atoms with Gasteiger partial charge in [0.25, 0.3) is 5.91 Å². The van der Waals surface area contributed by atoms with Crippen molar-refractivity contribution in [2.45, 2.75) is 19.3 Å². The highest BCUT2D eigenvalue weighted by molar-refractivity contribution is 5.93. The van der Waals surface area contributed by atoms with E-state index in [0.29, 0.717) is 12.3 Å². The standard InChI is InChI=1S/C25H29FN4O3/c1-29-22(11-12-27-29)20-17-19(28-25(31)18-33-24-8-4-3-7-21(24)26)9-10-23(20)32-16-15-30-13-5-2-6-14-30/h3-4,7-12,17H,2,5-6,13-16,18H2,1H3,(H,28,31). The van der Waals surface area contributed by atoms with E-state index in [0.717, 1.165) is 36.6 Å². The van der Waals surface area contributed by atoms with Gasteiger partial charge in [-0.15, -0.1) is 0 Å². The average Bonchev–Trinajstić information content (AvgIpc) is 3.25. The number of carbonyl (C=O) groups excluding carboxylic acids is 1. The predicted octanol–water partition coefficient (Wildman–Crippen LogP) is 4.11. The highest BCUT2D eigenvalue weighted by atomic mass is 19.1. The largest absolute Gasteiger partial charge is 0.492 e. The maximum Gasteiger partial charge on any atom is 0.262 e. The van der Waals surface area contributed by atoms with Crippen molar-refractivity contribution < 1.29 is 18.7 Å². The number of amides is 1. The summed E-state index contributed by atoms with van der Waals surface area (Å²) in [5.41, 5.74) is 2.31. The number of rotatable bonds is 9. The molecule has 1 N–H and O–H groups in total. The molecule has 0 unspecified atom stereocenters.